The van der Waals surface area contributed by atoms with E-state index >= 15 is 0 Å². The largest absolute Gasteiger partial charge is 0.497 e. The number of rotatable bonds is 6. The lowest BCUT2D eigenvalue weighted by atomic mass is 10.1. The topological polar surface area (TPSA) is 30.5 Å². The van der Waals surface area contributed by atoms with E-state index in [1.165, 1.54) is 5.57 Å². The second kappa shape index (κ2) is 7.07. The van der Waals surface area contributed by atoms with Crippen molar-refractivity contribution < 1.29 is 9.47 Å². The van der Waals surface area contributed by atoms with E-state index in [4.69, 9.17) is 9.47 Å². The maximum atomic E-state index is 5.40. The lowest BCUT2D eigenvalue weighted by Crippen LogP contribution is -2.19. The number of hydrogen-bond acceptors (Lipinski definition) is 3. The molecule has 3 nitrogen and oxygen atoms in total. The van der Waals surface area contributed by atoms with Gasteiger partial charge >= 0.3 is 0 Å². The second-order valence-electron chi connectivity index (χ2n) is 4.52. The SMILES string of the molecule is COc1ccc(C(C)NCC=C(C)C)c(OC)c1. The first-order valence-corrected chi connectivity index (χ1v) is 6.17. The van der Waals surface area contributed by atoms with Crippen LogP contribution in [0.3, 0.4) is 0 Å². The fourth-order valence-corrected chi connectivity index (χ4v) is 1.73. The molecule has 0 amide bonds. The third kappa shape index (κ3) is 4.08. The number of benzene rings is 1. The molecule has 0 heterocycles. The Kier molecular flexibility index (Phi) is 5.72. The molecule has 18 heavy (non-hydrogen) atoms. The lowest BCUT2D eigenvalue weighted by Gasteiger charge is -2.17. The molecular weight excluding hydrogens is 226 g/mol. The van der Waals surface area contributed by atoms with Gasteiger partial charge in [0.05, 0.1) is 14.2 Å². The molecule has 0 radical (unpaired) electrons. The summed E-state index contributed by atoms with van der Waals surface area (Å²) in [6.45, 7) is 7.18. The minimum atomic E-state index is 0.237. The van der Waals surface area contributed by atoms with E-state index < -0.39 is 0 Å². The zero-order valence-electron chi connectivity index (χ0n) is 11.9. The molecule has 1 atom stereocenters. The van der Waals surface area contributed by atoms with E-state index in [9.17, 15) is 0 Å². The first kappa shape index (κ1) is 14.6. The molecule has 1 unspecified atom stereocenters. The summed E-state index contributed by atoms with van der Waals surface area (Å²) in [4.78, 5) is 0. The van der Waals surface area contributed by atoms with Gasteiger partial charge in [0.25, 0.3) is 0 Å². The molecule has 1 aromatic rings. The first-order chi connectivity index (χ1) is 8.58. The van der Waals surface area contributed by atoms with Gasteiger partial charge in [-0.15, -0.1) is 0 Å². The van der Waals surface area contributed by atoms with Crippen molar-refractivity contribution in [3.05, 3.63) is 35.4 Å². The van der Waals surface area contributed by atoms with Crippen LogP contribution in [0, 0.1) is 0 Å². The summed E-state index contributed by atoms with van der Waals surface area (Å²) < 4.78 is 10.6. The highest BCUT2D eigenvalue weighted by Crippen LogP contribution is 2.29. The number of nitrogens with one attached hydrogen (secondary N) is 1. The molecule has 0 aliphatic carbocycles. The Hall–Kier alpha value is -1.48. The molecule has 0 saturated carbocycles. The molecule has 1 rings (SSSR count). The molecule has 0 aliphatic heterocycles. The molecule has 1 N–H and O–H groups in total. The monoisotopic (exact) mass is 249 g/mol. The zero-order chi connectivity index (χ0) is 13.5. The van der Waals surface area contributed by atoms with E-state index in [1.54, 1.807) is 14.2 Å². The molecule has 3 heteroatoms. The molecule has 100 valence electrons. The highest BCUT2D eigenvalue weighted by atomic mass is 16.5. The van der Waals surface area contributed by atoms with Crippen LogP contribution in [-0.2, 0) is 0 Å². The molecule has 0 saturated heterocycles. The molecule has 0 fully saturated rings. The predicted octanol–water partition coefficient (Wildman–Crippen LogP) is 3.32. The summed E-state index contributed by atoms with van der Waals surface area (Å²) in [5, 5.41) is 3.45. The van der Waals surface area contributed by atoms with Crippen LogP contribution in [-0.4, -0.2) is 20.8 Å². The van der Waals surface area contributed by atoms with E-state index in [-0.39, 0.29) is 6.04 Å². The van der Waals surface area contributed by atoms with Crippen LogP contribution in [0.5, 0.6) is 11.5 Å². The van der Waals surface area contributed by atoms with Crippen molar-refractivity contribution in [1.29, 1.82) is 0 Å². The van der Waals surface area contributed by atoms with Crippen molar-refractivity contribution >= 4 is 0 Å². The first-order valence-electron chi connectivity index (χ1n) is 6.17. The van der Waals surface area contributed by atoms with Crippen molar-refractivity contribution in [2.45, 2.75) is 26.8 Å². The minimum Gasteiger partial charge on any atom is -0.497 e. The summed E-state index contributed by atoms with van der Waals surface area (Å²) in [7, 11) is 3.34. The van der Waals surface area contributed by atoms with Crippen LogP contribution in [0.4, 0.5) is 0 Å². The van der Waals surface area contributed by atoms with Crippen LogP contribution in [0.25, 0.3) is 0 Å². The third-order valence-electron chi connectivity index (χ3n) is 2.84. The molecule has 0 spiro atoms. The maximum absolute atomic E-state index is 5.40. The number of allylic oxidation sites excluding steroid dienone is 1. The average molecular weight is 249 g/mol. The van der Waals surface area contributed by atoms with E-state index in [0.29, 0.717) is 0 Å². The standard InChI is InChI=1S/C15H23NO2/c1-11(2)8-9-16-12(3)14-7-6-13(17-4)10-15(14)18-5/h6-8,10,12,16H,9H2,1-5H3. The Morgan fingerprint density at radius 2 is 2.00 bits per heavy atom. The van der Waals surface area contributed by atoms with Crippen LogP contribution >= 0.6 is 0 Å². The number of methoxy groups -OCH3 is 2. The Labute approximate surface area is 110 Å². The van der Waals surface area contributed by atoms with Gasteiger partial charge in [-0.2, -0.15) is 0 Å². The van der Waals surface area contributed by atoms with Crippen molar-refractivity contribution in [2.75, 3.05) is 20.8 Å². The van der Waals surface area contributed by atoms with Crippen LogP contribution in [0.1, 0.15) is 32.4 Å². The molecule has 0 bridgehead atoms. The average Bonchev–Trinajstić information content (AvgIpc) is 2.37. The van der Waals surface area contributed by atoms with Gasteiger partial charge < -0.3 is 14.8 Å². The quantitative estimate of drug-likeness (QED) is 0.784. The Balaban J connectivity index is 2.78. The highest BCUT2D eigenvalue weighted by molar-refractivity contribution is 5.42. The van der Waals surface area contributed by atoms with Crippen LogP contribution < -0.4 is 14.8 Å². The van der Waals surface area contributed by atoms with Crippen molar-refractivity contribution in [2.24, 2.45) is 0 Å². The smallest absolute Gasteiger partial charge is 0.127 e. The van der Waals surface area contributed by atoms with Crippen LogP contribution in [0.15, 0.2) is 29.8 Å². The summed E-state index contributed by atoms with van der Waals surface area (Å²) in [6.07, 6.45) is 2.17. The van der Waals surface area contributed by atoms with E-state index in [0.717, 1.165) is 23.6 Å². The predicted molar refractivity (Wildman–Crippen MR) is 75.4 cm³/mol. The molecular formula is C15H23NO2. The summed E-state index contributed by atoms with van der Waals surface area (Å²) >= 11 is 0. The van der Waals surface area contributed by atoms with Crippen molar-refractivity contribution in [1.82, 2.24) is 5.32 Å². The molecule has 1 aromatic carbocycles. The second-order valence-corrected chi connectivity index (χ2v) is 4.52. The number of hydrogen-bond donors (Lipinski definition) is 1. The van der Waals surface area contributed by atoms with E-state index in [2.05, 4.69) is 32.2 Å². The van der Waals surface area contributed by atoms with Gasteiger partial charge in [-0.25, -0.2) is 0 Å². The fraction of sp³-hybridized carbons (Fsp3) is 0.467. The highest BCUT2D eigenvalue weighted by Gasteiger charge is 2.11. The zero-order valence-corrected chi connectivity index (χ0v) is 11.9. The van der Waals surface area contributed by atoms with Gasteiger partial charge in [-0.3, -0.25) is 0 Å². The summed E-state index contributed by atoms with van der Waals surface area (Å²) in [5.41, 5.74) is 2.46. The Bertz CT molecular complexity index is 409. The molecule has 0 aliphatic rings. The van der Waals surface area contributed by atoms with Crippen molar-refractivity contribution in [3.63, 3.8) is 0 Å². The van der Waals surface area contributed by atoms with Gasteiger partial charge in [-0.05, 0) is 26.8 Å². The van der Waals surface area contributed by atoms with Gasteiger partial charge in [0.2, 0.25) is 0 Å². The van der Waals surface area contributed by atoms with E-state index in [1.807, 2.05) is 18.2 Å². The minimum absolute atomic E-state index is 0.237. The number of ether oxygens (including phenoxy) is 2. The Morgan fingerprint density at radius 3 is 2.56 bits per heavy atom. The summed E-state index contributed by atoms with van der Waals surface area (Å²) in [6, 6.07) is 6.14. The third-order valence-corrected chi connectivity index (χ3v) is 2.84. The summed E-state index contributed by atoms with van der Waals surface area (Å²) in [5.74, 6) is 1.67. The fourth-order valence-electron chi connectivity index (χ4n) is 1.73. The van der Waals surface area contributed by atoms with Gasteiger partial charge in [0, 0.05) is 24.2 Å². The maximum Gasteiger partial charge on any atom is 0.127 e. The molecule has 0 aromatic heterocycles. The van der Waals surface area contributed by atoms with Gasteiger partial charge in [-0.1, -0.05) is 17.7 Å². The van der Waals surface area contributed by atoms with Gasteiger partial charge in [0.1, 0.15) is 11.5 Å². The normalized spacial score (nSPS) is 11.8. The Morgan fingerprint density at radius 1 is 1.28 bits per heavy atom. The van der Waals surface area contributed by atoms with Gasteiger partial charge in [0.15, 0.2) is 0 Å². The van der Waals surface area contributed by atoms with Crippen LogP contribution in [0.2, 0.25) is 0 Å². The van der Waals surface area contributed by atoms with Crippen molar-refractivity contribution in [3.8, 4) is 11.5 Å². The lowest BCUT2D eigenvalue weighted by molar-refractivity contribution is 0.386.